The van der Waals surface area contributed by atoms with Gasteiger partial charge in [0.15, 0.2) is 6.10 Å². The Hall–Kier alpha value is -2.04. The standard InChI is InChI=1S/C16H24N2O3/c1-5-11(3)13-7-9-14(10-8-13)21-12(4)15(19)18-16(20)17-6-2/h7-12H,5-6H2,1-4H3,(H2,17,18,19,20). The maximum Gasteiger partial charge on any atom is 0.321 e. The van der Waals surface area contributed by atoms with Gasteiger partial charge in [-0.25, -0.2) is 4.79 Å². The first-order valence-corrected chi connectivity index (χ1v) is 7.33. The number of benzene rings is 1. The first-order valence-electron chi connectivity index (χ1n) is 7.33. The predicted molar refractivity (Wildman–Crippen MR) is 82.5 cm³/mol. The van der Waals surface area contributed by atoms with Gasteiger partial charge in [0, 0.05) is 6.54 Å². The molecule has 0 bridgehead atoms. The molecule has 0 heterocycles. The predicted octanol–water partition coefficient (Wildman–Crippen LogP) is 2.81. The second-order valence-electron chi connectivity index (χ2n) is 4.99. The highest BCUT2D eigenvalue weighted by Crippen LogP contribution is 2.22. The molecule has 1 rings (SSSR count). The molecule has 2 atom stereocenters. The van der Waals surface area contributed by atoms with Crippen molar-refractivity contribution >= 4 is 11.9 Å². The lowest BCUT2D eigenvalue weighted by atomic mass is 9.99. The van der Waals surface area contributed by atoms with E-state index in [-0.39, 0.29) is 0 Å². The quantitative estimate of drug-likeness (QED) is 0.847. The number of hydrogen-bond donors (Lipinski definition) is 2. The molecule has 0 radical (unpaired) electrons. The van der Waals surface area contributed by atoms with Gasteiger partial charge in [-0.2, -0.15) is 0 Å². The number of hydrogen-bond acceptors (Lipinski definition) is 3. The van der Waals surface area contributed by atoms with E-state index in [0.29, 0.717) is 18.2 Å². The monoisotopic (exact) mass is 292 g/mol. The van der Waals surface area contributed by atoms with Gasteiger partial charge in [-0.1, -0.05) is 26.0 Å². The van der Waals surface area contributed by atoms with Crippen LogP contribution in [0.15, 0.2) is 24.3 Å². The molecule has 0 aliphatic carbocycles. The van der Waals surface area contributed by atoms with Crippen molar-refractivity contribution in [2.45, 2.75) is 46.1 Å². The van der Waals surface area contributed by atoms with Crippen molar-refractivity contribution in [2.75, 3.05) is 6.54 Å². The number of imide groups is 1. The Morgan fingerprint density at radius 3 is 2.29 bits per heavy atom. The van der Waals surface area contributed by atoms with Crippen LogP contribution in [-0.4, -0.2) is 24.6 Å². The minimum absolute atomic E-state index is 0.464. The minimum Gasteiger partial charge on any atom is -0.481 e. The second-order valence-corrected chi connectivity index (χ2v) is 4.99. The van der Waals surface area contributed by atoms with Crippen LogP contribution in [0.2, 0.25) is 0 Å². The smallest absolute Gasteiger partial charge is 0.321 e. The van der Waals surface area contributed by atoms with Crippen LogP contribution in [0.4, 0.5) is 4.79 Å². The first-order chi connectivity index (χ1) is 9.97. The van der Waals surface area contributed by atoms with Crippen LogP contribution >= 0.6 is 0 Å². The number of amides is 3. The molecular formula is C16H24N2O3. The van der Waals surface area contributed by atoms with Crippen LogP contribution in [0.1, 0.15) is 45.6 Å². The van der Waals surface area contributed by atoms with E-state index in [1.165, 1.54) is 5.56 Å². The topological polar surface area (TPSA) is 67.4 Å². The number of rotatable bonds is 6. The summed E-state index contributed by atoms with van der Waals surface area (Å²) in [6.45, 7) is 8.16. The van der Waals surface area contributed by atoms with Gasteiger partial charge in [0.05, 0.1) is 0 Å². The van der Waals surface area contributed by atoms with E-state index >= 15 is 0 Å². The highest BCUT2D eigenvalue weighted by molar-refractivity contribution is 5.96. The molecule has 0 aliphatic rings. The lowest BCUT2D eigenvalue weighted by molar-refractivity contribution is -0.126. The van der Waals surface area contributed by atoms with Gasteiger partial charge in [-0.05, 0) is 43.9 Å². The molecule has 2 N–H and O–H groups in total. The number of urea groups is 1. The number of ether oxygens (including phenoxy) is 1. The van der Waals surface area contributed by atoms with Gasteiger partial charge < -0.3 is 10.1 Å². The van der Waals surface area contributed by atoms with E-state index in [1.54, 1.807) is 13.8 Å². The maximum atomic E-state index is 11.8. The summed E-state index contributed by atoms with van der Waals surface area (Å²) in [4.78, 5) is 23.0. The van der Waals surface area contributed by atoms with Gasteiger partial charge >= 0.3 is 6.03 Å². The molecule has 1 aromatic rings. The second kappa shape index (κ2) is 8.29. The number of carbonyl (C=O) groups is 2. The summed E-state index contributed by atoms with van der Waals surface area (Å²) in [7, 11) is 0. The Labute approximate surface area is 126 Å². The van der Waals surface area contributed by atoms with Crippen LogP contribution in [-0.2, 0) is 4.79 Å². The van der Waals surface area contributed by atoms with Crippen molar-refractivity contribution in [2.24, 2.45) is 0 Å². The van der Waals surface area contributed by atoms with Crippen LogP contribution in [0.5, 0.6) is 5.75 Å². The van der Waals surface area contributed by atoms with E-state index in [9.17, 15) is 9.59 Å². The van der Waals surface area contributed by atoms with Crippen molar-refractivity contribution in [1.29, 1.82) is 0 Å². The molecule has 3 amide bonds. The molecule has 0 aliphatic heterocycles. The summed E-state index contributed by atoms with van der Waals surface area (Å²) < 4.78 is 5.53. The van der Waals surface area contributed by atoms with Crippen molar-refractivity contribution in [3.63, 3.8) is 0 Å². The summed E-state index contributed by atoms with van der Waals surface area (Å²) in [5.41, 5.74) is 1.24. The van der Waals surface area contributed by atoms with E-state index in [4.69, 9.17) is 4.74 Å². The van der Waals surface area contributed by atoms with Gasteiger partial charge in [0.1, 0.15) is 5.75 Å². The SMILES string of the molecule is CCNC(=O)NC(=O)C(C)Oc1ccc(C(C)CC)cc1. The molecule has 1 aromatic carbocycles. The van der Waals surface area contributed by atoms with Crippen LogP contribution in [0, 0.1) is 0 Å². The van der Waals surface area contributed by atoms with Gasteiger partial charge in [0.2, 0.25) is 0 Å². The van der Waals surface area contributed by atoms with Crippen LogP contribution in [0.25, 0.3) is 0 Å². The third-order valence-corrected chi connectivity index (χ3v) is 3.32. The minimum atomic E-state index is -0.734. The van der Waals surface area contributed by atoms with Crippen LogP contribution < -0.4 is 15.4 Å². The zero-order valence-electron chi connectivity index (χ0n) is 13.1. The maximum absolute atomic E-state index is 11.8. The van der Waals surface area contributed by atoms with Crippen LogP contribution in [0.3, 0.4) is 0 Å². The fraction of sp³-hybridized carbons (Fsp3) is 0.500. The third kappa shape index (κ3) is 5.45. The van der Waals surface area contributed by atoms with Gasteiger partial charge in [-0.3, -0.25) is 10.1 Å². The molecule has 5 heteroatoms. The van der Waals surface area contributed by atoms with Crippen molar-refractivity contribution in [3.8, 4) is 5.75 Å². The first kappa shape index (κ1) is 17.0. The van der Waals surface area contributed by atoms with E-state index < -0.39 is 18.0 Å². The third-order valence-electron chi connectivity index (χ3n) is 3.32. The molecule has 116 valence electrons. The molecule has 0 aromatic heterocycles. The molecule has 21 heavy (non-hydrogen) atoms. The summed E-state index contributed by atoms with van der Waals surface area (Å²) in [6, 6.07) is 7.18. The Bertz CT molecular complexity index is 471. The molecule has 2 unspecified atom stereocenters. The van der Waals surface area contributed by atoms with E-state index in [2.05, 4.69) is 24.5 Å². The Morgan fingerprint density at radius 2 is 1.76 bits per heavy atom. The highest BCUT2D eigenvalue weighted by atomic mass is 16.5. The van der Waals surface area contributed by atoms with E-state index in [1.807, 2.05) is 24.3 Å². The summed E-state index contributed by atoms with van der Waals surface area (Å²) in [5, 5.41) is 4.72. The normalized spacial score (nSPS) is 13.1. The molecule has 0 saturated carbocycles. The molecule has 0 saturated heterocycles. The summed E-state index contributed by atoms with van der Waals surface area (Å²) in [5.74, 6) is 0.644. The fourth-order valence-corrected chi connectivity index (χ4v) is 1.79. The van der Waals surface area contributed by atoms with Gasteiger partial charge in [-0.15, -0.1) is 0 Å². The average molecular weight is 292 g/mol. The number of nitrogens with one attached hydrogen (secondary N) is 2. The van der Waals surface area contributed by atoms with Crippen molar-refractivity contribution in [1.82, 2.24) is 10.6 Å². The lowest BCUT2D eigenvalue weighted by Gasteiger charge is -2.15. The molecule has 5 nitrogen and oxygen atoms in total. The Morgan fingerprint density at radius 1 is 1.14 bits per heavy atom. The number of carbonyl (C=O) groups excluding carboxylic acids is 2. The zero-order valence-corrected chi connectivity index (χ0v) is 13.1. The fourth-order valence-electron chi connectivity index (χ4n) is 1.79. The van der Waals surface area contributed by atoms with Crippen molar-refractivity contribution < 1.29 is 14.3 Å². The largest absolute Gasteiger partial charge is 0.481 e. The molecule has 0 fully saturated rings. The van der Waals surface area contributed by atoms with E-state index in [0.717, 1.165) is 6.42 Å². The Kier molecular flexibility index (Phi) is 6.72. The molecule has 0 spiro atoms. The molecular weight excluding hydrogens is 268 g/mol. The van der Waals surface area contributed by atoms with Gasteiger partial charge in [0.25, 0.3) is 5.91 Å². The van der Waals surface area contributed by atoms with Crippen molar-refractivity contribution in [3.05, 3.63) is 29.8 Å². The summed E-state index contributed by atoms with van der Waals surface area (Å²) in [6.07, 6.45) is 0.341. The highest BCUT2D eigenvalue weighted by Gasteiger charge is 2.17. The Balaban J connectivity index is 2.56. The average Bonchev–Trinajstić information content (AvgIpc) is 2.47. The lowest BCUT2D eigenvalue weighted by Crippen LogP contribution is -2.45. The zero-order chi connectivity index (χ0) is 15.8. The summed E-state index contributed by atoms with van der Waals surface area (Å²) >= 11 is 0.